The van der Waals surface area contributed by atoms with Crippen LogP contribution in [0.25, 0.3) is 0 Å². The van der Waals surface area contributed by atoms with Crippen molar-refractivity contribution in [2.24, 2.45) is 0 Å². The number of nitrogens with one attached hydrogen (secondary N) is 1. The summed E-state index contributed by atoms with van der Waals surface area (Å²) in [7, 11) is 0. The maximum Gasteiger partial charge on any atom is 0.00940 e. The Balaban J connectivity index is 2.22. The largest absolute Gasteiger partial charge is 0.311 e. The summed E-state index contributed by atoms with van der Waals surface area (Å²) in [5, 5.41) is 3.81. The molecule has 1 unspecified atom stereocenters. The van der Waals surface area contributed by atoms with Gasteiger partial charge in [0.15, 0.2) is 0 Å². The van der Waals surface area contributed by atoms with E-state index in [1.54, 1.807) is 0 Å². The maximum atomic E-state index is 3.81. The van der Waals surface area contributed by atoms with Crippen LogP contribution in [0.3, 0.4) is 0 Å². The van der Waals surface area contributed by atoms with Gasteiger partial charge in [-0.25, -0.2) is 0 Å². The fourth-order valence-electron chi connectivity index (χ4n) is 2.47. The Hall–Kier alpha value is -0.340. The SMILES string of the molecule is C=CCCC(CC)NC1CCN(CC)CC1. The Kier molecular flexibility index (Phi) is 6.74. The first-order chi connectivity index (χ1) is 7.80. The summed E-state index contributed by atoms with van der Waals surface area (Å²) in [6.45, 7) is 12.1. The molecule has 94 valence electrons. The van der Waals surface area contributed by atoms with Crippen LogP contribution in [0, 0.1) is 0 Å². The monoisotopic (exact) mass is 224 g/mol. The number of piperidine rings is 1. The second-order valence-corrected chi connectivity index (χ2v) is 4.85. The molecule has 0 aliphatic carbocycles. The zero-order valence-corrected chi connectivity index (χ0v) is 11.0. The molecule has 2 nitrogen and oxygen atoms in total. The summed E-state index contributed by atoms with van der Waals surface area (Å²) < 4.78 is 0. The molecule has 1 heterocycles. The van der Waals surface area contributed by atoms with Gasteiger partial charge in [0.2, 0.25) is 0 Å². The normalized spacial score (nSPS) is 20.9. The second kappa shape index (κ2) is 7.86. The van der Waals surface area contributed by atoms with Crippen molar-refractivity contribution in [3.63, 3.8) is 0 Å². The molecule has 1 atom stereocenters. The van der Waals surface area contributed by atoms with Gasteiger partial charge in [-0.15, -0.1) is 6.58 Å². The molecular weight excluding hydrogens is 196 g/mol. The van der Waals surface area contributed by atoms with Crippen molar-refractivity contribution in [2.45, 2.75) is 58.0 Å². The number of hydrogen-bond acceptors (Lipinski definition) is 2. The highest BCUT2D eigenvalue weighted by Crippen LogP contribution is 2.12. The topological polar surface area (TPSA) is 15.3 Å². The smallest absolute Gasteiger partial charge is 0.00940 e. The first-order valence-electron chi connectivity index (χ1n) is 6.89. The molecule has 0 spiro atoms. The van der Waals surface area contributed by atoms with Gasteiger partial charge < -0.3 is 10.2 Å². The lowest BCUT2D eigenvalue weighted by atomic mass is 10.0. The van der Waals surface area contributed by atoms with Gasteiger partial charge >= 0.3 is 0 Å². The first-order valence-corrected chi connectivity index (χ1v) is 6.89. The Morgan fingerprint density at radius 2 is 2.06 bits per heavy atom. The van der Waals surface area contributed by atoms with E-state index in [2.05, 4.69) is 30.6 Å². The third kappa shape index (κ3) is 4.67. The highest BCUT2D eigenvalue weighted by Gasteiger charge is 2.19. The third-order valence-corrected chi connectivity index (χ3v) is 3.72. The molecule has 0 amide bonds. The summed E-state index contributed by atoms with van der Waals surface area (Å²) in [6.07, 6.45) is 8.29. The Bertz CT molecular complexity index is 183. The fraction of sp³-hybridized carbons (Fsp3) is 0.857. The average molecular weight is 224 g/mol. The standard InChI is InChI=1S/C14H28N2/c1-4-7-8-13(5-2)15-14-9-11-16(6-3)12-10-14/h4,13-15H,1,5-12H2,2-3H3. The molecule has 1 fully saturated rings. The average Bonchev–Trinajstić information content (AvgIpc) is 2.35. The fourth-order valence-corrected chi connectivity index (χ4v) is 2.47. The predicted molar refractivity (Wildman–Crippen MR) is 71.8 cm³/mol. The van der Waals surface area contributed by atoms with Crippen molar-refractivity contribution >= 4 is 0 Å². The van der Waals surface area contributed by atoms with E-state index in [9.17, 15) is 0 Å². The molecule has 1 aliphatic rings. The highest BCUT2D eigenvalue weighted by molar-refractivity contribution is 4.81. The molecule has 1 N–H and O–H groups in total. The van der Waals surface area contributed by atoms with Crippen LogP contribution in [0.5, 0.6) is 0 Å². The van der Waals surface area contributed by atoms with Gasteiger partial charge in [-0.3, -0.25) is 0 Å². The first kappa shape index (κ1) is 13.7. The van der Waals surface area contributed by atoms with Gasteiger partial charge in [0.25, 0.3) is 0 Å². The zero-order valence-electron chi connectivity index (χ0n) is 11.0. The Labute approximate surface area is 101 Å². The van der Waals surface area contributed by atoms with Gasteiger partial charge in [0.1, 0.15) is 0 Å². The number of hydrogen-bond donors (Lipinski definition) is 1. The minimum absolute atomic E-state index is 0.691. The van der Waals surface area contributed by atoms with Gasteiger partial charge in [0.05, 0.1) is 0 Å². The van der Waals surface area contributed by atoms with Crippen molar-refractivity contribution in [2.75, 3.05) is 19.6 Å². The lowest BCUT2D eigenvalue weighted by Crippen LogP contribution is -2.45. The van der Waals surface area contributed by atoms with Crippen LogP contribution in [0.1, 0.15) is 46.0 Å². The van der Waals surface area contributed by atoms with Gasteiger partial charge in [0, 0.05) is 12.1 Å². The summed E-state index contributed by atoms with van der Waals surface area (Å²) in [5.74, 6) is 0. The van der Waals surface area contributed by atoms with E-state index in [0.29, 0.717) is 6.04 Å². The number of allylic oxidation sites excluding steroid dienone is 1. The summed E-state index contributed by atoms with van der Waals surface area (Å²) in [6, 6.07) is 1.44. The van der Waals surface area contributed by atoms with Crippen molar-refractivity contribution < 1.29 is 0 Å². The van der Waals surface area contributed by atoms with Crippen molar-refractivity contribution in [3.8, 4) is 0 Å². The van der Waals surface area contributed by atoms with Crippen LogP contribution in [-0.2, 0) is 0 Å². The zero-order chi connectivity index (χ0) is 11.8. The predicted octanol–water partition coefficient (Wildman–Crippen LogP) is 2.81. The molecule has 1 rings (SSSR count). The maximum absolute atomic E-state index is 3.81. The van der Waals surface area contributed by atoms with Gasteiger partial charge in [-0.1, -0.05) is 19.9 Å². The minimum atomic E-state index is 0.691. The molecule has 0 bridgehead atoms. The van der Waals surface area contributed by atoms with E-state index in [-0.39, 0.29) is 0 Å². The molecule has 0 saturated carbocycles. The molecule has 1 aliphatic heterocycles. The lowest BCUT2D eigenvalue weighted by Gasteiger charge is -2.33. The minimum Gasteiger partial charge on any atom is -0.311 e. The Morgan fingerprint density at radius 3 is 2.56 bits per heavy atom. The molecule has 0 aromatic carbocycles. The summed E-state index contributed by atoms with van der Waals surface area (Å²) in [5.41, 5.74) is 0. The third-order valence-electron chi connectivity index (χ3n) is 3.72. The molecular formula is C14H28N2. The molecule has 1 saturated heterocycles. The molecule has 16 heavy (non-hydrogen) atoms. The van der Waals surface area contributed by atoms with E-state index in [4.69, 9.17) is 0 Å². The van der Waals surface area contributed by atoms with E-state index in [0.717, 1.165) is 12.5 Å². The Morgan fingerprint density at radius 1 is 1.38 bits per heavy atom. The van der Waals surface area contributed by atoms with Crippen LogP contribution in [0.2, 0.25) is 0 Å². The number of nitrogens with zero attached hydrogens (tertiary/aromatic N) is 1. The van der Waals surface area contributed by atoms with Crippen LogP contribution in [0.4, 0.5) is 0 Å². The van der Waals surface area contributed by atoms with Crippen LogP contribution >= 0.6 is 0 Å². The highest BCUT2D eigenvalue weighted by atomic mass is 15.1. The van der Waals surface area contributed by atoms with Gasteiger partial charge in [-0.05, 0) is 51.7 Å². The molecule has 2 heteroatoms. The van der Waals surface area contributed by atoms with Crippen LogP contribution in [-0.4, -0.2) is 36.6 Å². The van der Waals surface area contributed by atoms with Gasteiger partial charge in [-0.2, -0.15) is 0 Å². The number of rotatable bonds is 7. The van der Waals surface area contributed by atoms with Crippen LogP contribution in [0.15, 0.2) is 12.7 Å². The van der Waals surface area contributed by atoms with E-state index in [1.165, 1.54) is 45.3 Å². The molecule has 0 aromatic heterocycles. The number of likely N-dealkylation sites (tertiary alicyclic amines) is 1. The van der Waals surface area contributed by atoms with E-state index >= 15 is 0 Å². The molecule has 0 radical (unpaired) electrons. The van der Waals surface area contributed by atoms with Crippen molar-refractivity contribution in [1.29, 1.82) is 0 Å². The summed E-state index contributed by atoms with van der Waals surface area (Å²) >= 11 is 0. The van der Waals surface area contributed by atoms with Crippen molar-refractivity contribution in [1.82, 2.24) is 10.2 Å². The van der Waals surface area contributed by atoms with E-state index < -0.39 is 0 Å². The summed E-state index contributed by atoms with van der Waals surface area (Å²) in [4.78, 5) is 2.54. The van der Waals surface area contributed by atoms with Crippen LogP contribution < -0.4 is 5.32 Å². The molecule has 0 aromatic rings. The van der Waals surface area contributed by atoms with E-state index in [1.807, 2.05) is 6.08 Å². The quantitative estimate of drug-likeness (QED) is 0.669. The lowest BCUT2D eigenvalue weighted by molar-refractivity contribution is 0.196. The van der Waals surface area contributed by atoms with Crippen molar-refractivity contribution in [3.05, 3.63) is 12.7 Å². The second-order valence-electron chi connectivity index (χ2n) is 4.85.